The number of fused-ring (bicyclic) bond motifs is 1. The van der Waals surface area contributed by atoms with Crippen molar-refractivity contribution in [1.82, 2.24) is 5.32 Å². The van der Waals surface area contributed by atoms with E-state index < -0.39 is 5.60 Å². The van der Waals surface area contributed by atoms with Crippen LogP contribution in [0.4, 0.5) is 11.4 Å². The fraction of sp³-hybridized carbons (Fsp3) is 0.333. The Labute approximate surface area is 180 Å². The molecule has 0 aliphatic carbocycles. The molecule has 0 aromatic heterocycles. The van der Waals surface area contributed by atoms with Gasteiger partial charge in [-0.1, -0.05) is 29.3 Å². The van der Waals surface area contributed by atoms with Crippen LogP contribution in [0.15, 0.2) is 36.4 Å². The molecule has 154 valence electrons. The van der Waals surface area contributed by atoms with E-state index in [0.717, 1.165) is 11.3 Å². The fourth-order valence-corrected chi connectivity index (χ4v) is 3.42. The topological polar surface area (TPSA) is 70.7 Å². The standard InChI is InChI=1S/C21H23Cl2N3O3/c1-13(27)24-8-9-26-18-11-15(5-7-19(18)29-21(2,3)20(26)28)25-12-14-4-6-16(22)17(23)10-14/h4-7,10-11,25H,8-9,12H2,1-3H3,(H,24,27). The van der Waals surface area contributed by atoms with Crippen LogP contribution in [0, 0.1) is 0 Å². The third-order valence-corrected chi connectivity index (χ3v) is 5.30. The van der Waals surface area contributed by atoms with Gasteiger partial charge in [0.2, 0.25) is 5.91 Å². The number of rotatable bonds is 6. The molecule has 29 heavy (non-hydrogen) atoms. The number of nitrogens with zero attached hydrogens (tertiary/aromatic N) is 1. The Morgan fingerprint density at radius 1 is 1.14 bits per heavy atom. The molecular formula is C21H23Cl2N3O3. The minimum atomic E-state index is -0.974. The third kappa shape index (κ3) is 4.95. The second-order valence-electron chi connectivity index (χ2n) is 7.34. The molecule has 2 amide bonds. The van der Waals surface area contributed by atoms with Crippen LogP contribution in [-0.2, 0) is 16.1 Å². The van der Waals surface area contributed by atoms with Crippen molar-refractivity contribution < 1.29 is 14.3 Å². The molecule has 6 nitrogen and oxygen atoms in total. The first kappa shape index (κ1) is 21.3. The number of hydrogen-bond donors (Lipinski definition) is 2. The highest BCUT2D eigenvalue weighted by atomic mass is 35.5. The van der Waals surface area contributed by atoms with Crippen LogP contribution in [0.5, 0.6) is 5.75 Å². The van der Waals surface area contributed by atoms with Crippen molar-refractivity contribution in [3.63, 3.8) is 0 Å². The molecular weight excluding hydrogens is 413 g/mol. The molecule has 0 radical (unpaired) electrons. The lowest BCUT2D eigenvalue weighted by Gasteiger charge is -2.39. The molecule has 8 heteroatoms. The summed E-state index contributed by atoms with van der Waals surface area (Å²) >= 11 is 12.0. The summed E-state index contributed by atoms with van der Waals surface area (Å²) in [4.78, 5) is 25.7. The summed E-state index contributed by atoms with van der Waals surface area (Å²) in [6.07, 6.45) is 0. The maximum atomic E-state index is 12.9. The first-order chi connectivity index (χ1) is 13.7. The number of anilines is 2. The van der Waals surface area contributed by atoms with E-state index in [2.05, 4.69) is 10.6 Å². The number of amides is 2. The monoisotopic (exact) mass is 435 g/mol. The highest BCUT2D eigenvalue weighted by Gasteiger charge is 2.40. The van der Waals surface area contributed by atoms with Gasteiger partial charge in [0.25, 0.3) is 5.91 Å². The van der Waals surface area contributed by atoms with Gasteiger partial charge in [0.1, 0.15) is 5.75 Å². The zero-order valence-electron chi connectivity index (χ0n) is 16.5. The maximum absolute atomic E-state index is 12.9. The van der Waals surface area contributed by atoms with Gasteiger partial charge in [-0.15, -0.1) is 0 Å². The maximum Gasteiger partial charge on any atom is 0.270 e. The van der Waals surface area contributed by atoms with E-state index in [0.29, 0.717) is 41.1 Å². The summed E-state index contributed by atoms with van der Waals surface area (Å²) in [6.45, 7) is 6.18. The molecule has 2 aromatic carbocycles. The van der Waals surface area contributed by atoms with Gasteiger partial charge in [-0.3, -0.25) is 9.59 Å². The zero-order valence-corrected chi connectivity index (χ0v) is 18.0. The molecule has 0 unspecified atom stereocenters. The van der Waals surface area contributed by atoms with E-state index in [1.807, 2.05) is 30.3 Å². The lowest BCUT2D eigenvalue weighted by atomic mass is 10.0. The van der Waals surface area contributed by atoms with Crippen LogP contribution in [-0.4, -0.2) is 30.5 Å². The molecule has 1 aliphatic heterocycles. The first-order valence-corrected chi connectivity index (χ1v) is 10.0. The van der Waals surface area contributed by atoms with Crippen LogP contribution in [0.1, 0.15) is 26.3 Å². The van der Waals surface area contributed by atoms with E-state index in [1.54, 1.807) is 24.8 Å². The third-order valence-electron chi connectivity index (χ3n) is 4.57. The lowest BCUT2D eigenvalue weighted by Crippen LogP contribution is -2.54. The van der Waals surface area contributed by atoms with Gasteiger partial charge in [0.15, 0.2) is 5.60 Å². The van der Waals surface area contributed by atoms with Gasteiger partial charge in [-0.25, -0.2) is 0 Å². The Morgan fingerprint density at radius 2 is 1.90 bits per heavy atom. The van der Waals surface area contributed by atoms with Crippen molar-refractivity contribution in [3.8, 4) is 5.75 Å². The molecule has 2 N–H and O–H groups in total. The predicted molar refractivity (Wildman–Crippen MR) is 116 cm³/mol. The number of carbonyl (C=O) groups is 2. The van der Waals surface area contributed by atoms with Gasteiger partial charge in [0, 0.05) is 32.2 Å². The molecule has 0 bridgehead atoms. The molecule has 1 aliphatic rings. The highest BCUT2D eigenvalue weighted by molar-refractivity contribution is 6.42. The van der Waals surface area contributed by atoms with Gasteiger partial charge in [0.05, 0.1) is 15.7 Å². The average Bonchev–Trinajstić information content (AvgIpc) is 2.65. The fourth-order valence-electron chi connectivity index (χ4n) is 3.10. The number of nitrogens with one attached hydrogen (secondary N) is 2. The molecule has 3 rings (SSSR count). The van der Waals surface area contributed by atoms with E-state index in [4.69, 9.17) is 27.9 Å². The normalized spacial score (nSPS) is 14.8. The Hall–Kier alpha value is -2.44. The van der Waals surface area contributed by atoms with E-state index >= 15 is 0 Å². The van der Waals surface area contributed by atoms with Crippen molar-refractivity contribution in [2.24, 2.45) is 0 Å². The SMILES string of the molecule is CC(=O)NCCN1C(=O)C(C)(C)Oc2ccc(NCc3ccc(Cl)c(Cl)c3)cc21. The number of ether oxygens (including phenoxy) is 1. The lowest BCUT2D eigenvalue weighted by molar-refractivity contribution is -0.132. The average molecular weight is 436 g/mol. The van der Waals surface area contributed by atoms with Crippen LogP contribution in [0.2, 0.25) is 10.0 Å². The Morgan fingerprint density at radius 3 is 2.59 bits per heavy atom. The van der Waals surface area contributed by atoms with Crippen LogP contribution in [0.25, 0.3) is 0 Å². The second kappa shape index (κ2) is 8.51. The summed E-state index contributed by atoms with van der Waals surface area (Å²) in [7, 11) is 0. The van der Waals surface area contributed by atoms with Crippen LogP contribution < -0.4 is 20.3 Å². The summed E-state index contributed by atoms with van der Waals surface area (Å²) < 4.78 is 5.90. The van der Waals surface area contributed by atoms with Crippen molar-refractivity contribution in [2.45, 2.75) is 32.9 Å². The van der Waals surface area contributed by atoms with Gasteiger partial charge < -0.3 is 20.3 Å². The summed E-state index contributed by atoms with van der Waals surface area (Å²) in [5.41, 5.74) is 1.50. The molecule has 0 spiro atoms. The molecule has 0 saturated heterocycles. The Kier molecular flexibility index (Phi) is 6.24. The number of benzene rings is 2. The van der Waals surface area contributed by atoms with E-state index in [9.17, 15) is 9.59 Å². The van der Waals surface area contributed by atoms with Crippen molar-refractivity contribution in [2.75, 3.05) is 23.3 Å². The number of hydrogen-bond acceptors (Lipinski definition) is 4. The minimum absolute atomic E-state index is 0.137. The quantitative estimate of drug-likeness (QED) is 0.711. The summed E-state index contributed by atoms with van der Waals surface area (Å²) in [5, 5.41) is 7.07. The Bertz CT molecular complexity index is 947. The van der Waals surface area contributed by atoms with Crippen molar-refractivity contribution in [1.29, 1.82) is 0 Å². The number of halogens is 2. The zero-order chi connectivity index (χ0) is 21.2. The molecule has 0 atom stereocenters. The van der Waals surface area contributed by atoms with Gasteiger partial charge in [-0.2, -0.15) is 0 Å². The van der Waals surface area contributed by atoms with Gasteiger partial charge in [-0.05, 0) is 49.7 Å². The van der Waals surface area contributed by atoms with Crippen LogP contribution >= 0.6 is 23.2 Å². The molecule has 0 fully saturated rings. The Balaban J connectivity index is 1.80. The molecule has 2 aromatic rings. The molecule has 0 saturated carbocycles. The van der Waals surface area contributed by atoms with Gasteiger partial charge >= 0.3 is 0 Å². The second-order valence-corrected chi connectivity index (χ2v) is 8.15. The van der Waals surface area contributed by atoms with E-state index in [1.165, 1.54) is 6.92 Å². The van der Waals surface area contributed by atoms with Crippen molar-refractivity contribution in [3.05, 3.63) is 52.0 Å². The smallest absolute Gasteiger partial charge is 0.270 e. The minimum Gasteiger partial charge on any atom is -0.476 e. The molecule has 1 heterocycles. The van der Waals surface area contributed by atoms with E-state index in [-0.39, 0.29) is 11.8 Å². The highest BCUT2D eigenvalue weighted by Crippen LogP contribution is 2.39. The largest absolute Gasteiger partial charge is 0.476 e. The first-order valence-electron chi connectivity index (χ1n) is 9.24. The van der Waals surface area contributed by atoms with Crippen LogP contribution in [0.3, 0.4) is 0 Å². The van der Waals surface area contributed by atoms with Crippen molar-refractivity contribution >= 4 is 46.4 Å². The summed E-state index contributed by atoms with van der Waals surface area (Å²) in [6, 6.07) is 11.1. The predicted octanol–water partition coefficient (Wildman–Crippen LogP) is 4.25. The number of carbonyl (C=O) groups excluding carboxylic acids is 2. The summed E-state index contributed by atoms with van der Waals surface area (Å²) in [5.74, 6) is 0.330.